The number of nitrogens with one attached hydrogen (secondary N) is 1. The summed E-state index contributed by atoms with van der Waals surface area (Å²) in [7, 11) is 1.98. The summed E-state index contributed by atoms with van der Waals surface area (Å²) in [6, 6.07) is 0.376. The molecule has 6 nitrogen and oxygen atoms in total. The fourth-order valence-electron chi connectivity index (χ4n) is 4.27. The second kappa shape index (κ2) is 8.10. The molecule has 0 radical (unpaired) electrons. The number of likely N-dealkylation sites (tertiary alicyclic amines) is 1. The Labute approximate surface area is 165 Å². The molecule has 1 aliphatic carbocycles. The van der Waals surface area contributed by atoms with E-state index in [0.717, 1.165) is 68.0 Å². The number of aromatic nitrogens is 3. The predicted octanol–water partition coefficient (Wildman–Crippen LogP) is 2.85. The van der Waals surface area contributed by atoms with Crippen molar-refractivity contribution in [3.05, 3.63) is 33.0 Å². The second-order valence-electron chi connectivity index (χ2n) is 7.81. The van der Waals surface area contributed by atoms with Gasteiger partial charge in [-0.15, -0.1) is 11.3 Å². The number of nitrogens with zero attached hydrogens (tertiary/aromatic N) is 4. The summed E-state index contributed by atoms with van der Waals surface area (Å²) >= 11 is 1.71. The fraction of sp³-hybridized carbons (Fsp3) is 0.650. The van der Waals surface area contributed by atoms with Crippen LogP contribution in [0, 0.1) is 6.92 Å². The van der Waals surface area contributed by atoms with Gasteiger partial charge in [-0.3, -0.25) is 9.48 Å². The van der Waals surface area contributed by atoms with Gasteiger partial charge >= 0.3 is 0 Å². The summed E-state index contributed by atoms with van der Waals surface area (Å²) in [6.07, 6.45) is 7.60. The molecule has 0 aromatic carbocycles. The normalized spacial score (nSPS) is 20.4. The van der Waals surface area contributed by atoms with E-state index in [0.29, 0.717) is 11.7 Å². The lowest BCUT2D eigenvalue weighted by Gasteiger charge is -2.25. The molecule has 2 aromatic heterocycles. The van der Waals surface area contributed by atoms with Crippen LogP contribution in [0.5, 0.6) is 0 Å². The number of fused-ring (bicyclic) bond motifs is 1. The molecule has 2 aromatic rings. The molecule has 4 rings (SSSR count). The van der Waals surface area contributed by atoms with Crippen LogP contribution in [0.4, 0.5) is 0 Å². The van der Waals surface area contributed by atoms with Gasteiger partial charge in [0.15, 0.2) is 5.69 Å². The third-order valence-corrected chi connectivity index (χ3v) is 6.73. The van der Waals surface area contributed by atoms with Gasteiger partial charge in [-0.2, -0.15) is 5.10 Å². The van der Waals surface area contributed by atoms with Crippen molar-refractivity contribution in [2.75, 3.05) is 13.1 Å². The van der Waals surface area contributed by atoms with Crippen LogP contribution in [-0.2, 0) is 26.4 Å². The van der Waals surface area contributed by atoms with Gasteiger partial charge in [-0.1, -0.05) is 12.8 Å². The highest BCUT2D eigenvalue weighted by Gasteiger charge is 2.30. The van der Waals surface area contributed by atoms with Gasteiger partial charge in [0.1, 0.15) is 5.01 Å². The largest absolute Gasteiger partial charge is 0.337 e. The molecule has 2 aliphatic rings. The number of carbonyl (C=O) groups excluding carboxylic acids is 1. The van der Waals surface area contributed by atoms with E-state index in [-0.39, 0.29) is 5.91 Å². The molecular formula is C20H29N5OS. The van der Waals surface area contributed by atoms with Gasteiger partial charge in [0.2, 0.25) is 0 Å². The second-order valence-corrected chi connectivity index (χ2v) is 8.75. The predicted molar refractivity (Wildman–Crippen MR) is 107 cm³/mol. The third kappa shape index (κ3) is 4.09. The number of hydrogen-bond donors (Lipinski definition) is 1. The number of hydrogen-bond acceptors (Lipinski definition) is 5. The maximum Gasteiger partial charge on any atom is 0.274 e. The van der Waals surface area contributed by atoms with Crippen molar-refractivity contribution in [3.8, 4) is 0 Å². The van der Waals surface area contributed by atoms with E-state index >= 15 is 0 Å². The summed E-state index contributed by atoms with van der Waals surface area (Å²) in [4.78, 5) is 19.7. The zero-order valence-corrected chi connectivity index (χ0v) is 17.1. The van der Waals surface area contributed by atoms with E-state index in [2.05, 4.69) is 20.8 Å². The number of aryl methyl sites for hydroxylation is 2. The summed E-state index contributed by atoms with van der Waals surface area (Å²) < 4.78 is 1.93. The minimum absolute atomic E-state index is 0.130. The highest BCUT2D eigenvalue weighted by atomic mass is 32.1. The summed E-state index contributed by atoms with van der Waals surface area (Å²) in [6.45, 7) is 4.57. The Kier molecular flexibility index (Phi) is 5.59. The van der Waals surface area contributed by atoms with E-state index in [1.807, 2.05) is 23.6 Å². The average molecular weight is 388 g/mol. The Morgan fingerprint density at radius 3 is 2.78 bits per heavy atom. The van der Waals surface area contributed by atoms with Crippen LogP contribution in [0.15, 0.2) is 5.38 Å². The summed E-state index contributed by atoms with van der Waals surface area (Å²) in [5.41, 5.74) is 4.16. The fourth-order valence-corrected chi connectivity index (χ4v) is 5.00. The molecular weight excluding hydrogens is 358 g/mol. The Bertz CT molecular complexity index is 803. The first-order valence-corrected chi connectivity index (χ1v) is 11.0. The minimum atomic E-state index is 0.130. The van der Waals surface area contributed by atoms with Crippen LogP contribution in [0.25, 0.3) is 0 Å². The minimum Gasteiger partial charge on any atom is -0.337 e. The first kappa shape index (κ1) is 18.6. The lowest BCUT2D eigenvalue weighted by Crippen LogP contribution is -2.36. The van der Waals surface area contributed by atoms with Crippen LogP contribution in [-0.4, -0.2) is 44.7 Å². The van der Waals surface area contributed by atoms with Crippen molar-refractivity contribution in [1.29, 1.82) is 0 Å². The van der Waals surface area contributed by atoms with Crippen molar-refractivity contribution in [3.63, 3.8) is 0 Å². The van der Waals surface area contributed by atoms with Crippen molar-refractivity contribution >= 4 is 17.2 Å². The van der Waals surface area contributed by atoms with Gasteiger partial charge in [-0.05, 0) is 39.0 Å². The summed E-state index contributed by atoms with van der Waals surface area (Å²) in [5, 5.41) is 11.5. The van der Waals surface area contributed by atoms with Crippen molar-refractivity contribution < 1.29 is 4.79 Å². The summed E-state index contributed by atoms with van der Waals surface area (Å²) in [5.74, 6) is 0.130. The van der Waals surface area contributed by atoms with E-state index in [1.165, 1.54) is 18.5 Å². The first-order valence-electron chi connectivity index (χ1n) is 10.1. The maximum atomic E-state index is 13.1. The SMILES string of the molecule is Cc1csc(CNC2CCc3c(c(C(=O)N4CCCCCC4)nn3C)C2)n1. The van der Waals surface area contributed by atoms with Crippen molar-refractivity contribution in [1.82, 2.24) is 25.0 Å². The van der Waals surface area contributed by atoms with Crippen LogP contribution in [0.2, 0.25) is 0 Å². The molecule has 3 heterocycles. The average Bonchev–Trinajstić information content (AvgIpc) is 3.10. The maximum absolute atomic E-state index is 13.1. The van der Waals surface area contributed by atoms with Gasteiger partial charge in [0, 0.05) is 55.1 Å². The Morgan fingerprint density at radius 1 is 1.30 bits per heavy atom. The molecule has 0 saturated carbocycles. The Morgan fingerprint density at radius 2 is 2.07 bits per heavy atom. The topological polar surface area (TPSA) is 63.1 Å². The molecule has 7 heteroatoms. The van der Waals surface area contributed by atoms with Crippen LogP contribution in [0.3, 0.4) is 0 Å². The molecule has 1 saturated heterocycles. The van der Waals surface area contributed by atoms with E-state index in [4.69, 9.17) is 0 Å². The monoisotopic (exact) mass is 387 g/mol. The molecule has 0 spiro atoms. The van der Waals surface area contributed by atoms with E-state index < -0.39 is 0 Å². The molecule has 146 valence electrons. The third-order valence-electron chi connectivity index (χ3n) is 5.76. The van der Waals surface area contributed by atoms with Crippen LogP contribution < -0.4 is 5.32 Å². The number of carbonyl (C=O) groups is 1. The van der Waals surface area contributed by atoms with Crippen LogP contribution in [0.1, 0.15) is 64.6 Å². The molecule has 1 fully saturated rings. The smallest absolute Gasteiger partial charge is 0.274 e. The molecule has 1 amide bonds. The Hall–Kier alpha value is -1.73. The van der Waals surface area contributed by atoms with Gasteiger partial charge < -0.3 is 10.2 Å². The standard InChI is InChI=1S/C20H29N5OS/c1-14-13-27-18(22-14)12-21-15-7-8-17-16(11-15)19(23-24(17)2)20(26)25-9-5-3-4-6-10-25/h13,15,21H,3-12H2,1-2H3. The number of amides is 1. The van der Waals surface area contributed by atoms with Crippen molar-refractivity contribution in [2.45, 2.75) is 64.5 Å². The van der Waals surface area contributed by atoms with Crippen LogP contribution >= 0.6 is 11.3 Å². The molecule has 27 heavy (non-hydrogen) atoms. The van der Waals surface area contributed by atoms with Gasteiger partial charge in [0.05, 0.1) is 0 Å². The highest BCUT2D eigenvalue weighted by Crippen LogP contribution is 2.26. The number of thiazole rings is 1. The van der Waals surface area contributed by atoms with Gasteiger partial charge in [0.25, 0.3) is 5.91 Å². The molecule has 1 N–H and O–H groups in total. The zero-order valence-electron chi connectivity index (χ0n) is 16.3. The zero-order chi connectivity index (χ0) is 18.8. The molecule has 1 atom stereocenters. The quantitative estimate of drug-likeness (QED) is 0.876. The van der Waals surface area contributed by atoms with E-state index in [9.17, 15) is 4.79 Å². The first-order chi connectivity index (χ1) is 13.1. The molecule has 1 aliphatic heterocycles. The van der Waals surface area contributed by atoms with Crippen molar-refractivity contribution in [2.24, 2.45) is 7.05 Å². The lowest BCUT2D eigenvalue weighted by atomic mass is 9.91. The van der Waals surface area contributed by atoms with Gasteiger partial charge in [-0.25, -0.2) is 4.98 Å². The molecule has 0 bridgehead atoms. The Balaban J connectivity index is 1.47. The highest BCUT2D eigenvalue weighted by molar-refractivity contribution is 7.09. The lowest BCUT2D eigenvalue weighted by molar-refractivity contribution is 0.0753. The number of rotatable bonds is 4. The molecule has 1 unspecified atom stereocenters. The van der Waals surface area contributed by atoms with E-state index in [1.54, 1.807) is 11.3 Å².